The third-order valence-electron chi connectivity index (χ3n) is 2.14. The van der Waals surface area contributed by atoms with Gasteiger partial charge in [0.15, 0.2) is 0 Å². The SMILES string of the molecule is CC.CC.CO.COCC1CCCN1C(C)=O. The number of rotatable bonds is 2. The van der Waals surface area contributed by atoms with E-state index in [9.17, 15) is 4.79 Å². The Kier molecular flexibility index (Phi) is 22.6. The minimum Gasteiger partial charge on any atom is -0.400 e. The van der Waals surface area contributed by atoms with Crippen LogP contribution in [0.2, 0.25) is 0 Å². The fourth-order valence-corrected chi connectivity index (χ4v) is 1.62. The molecule has 0 aliphatic carbocycles. The van der Waals surface area contributed by atoms with Crippen molar-refractivity contribution in [2.75, 3.05) is 27.4 Å². The molecule has 1 atom stereocenters. The van der Waals surface area contributed by atoms with E-state index in [0.717, 1.165) is 26.5 Å². The number of aliphatic hydroxyl groups excluding tert-OH is 1. The Morgan fingerprint density at radius 3 is 2.12 bits per heavy atom. The Morgan fingerprint density at radius 1 is 1.29 bits per heavy atom. The molecule has 106 valence electrons. The minimum atomic E-state index is 0.171. The molecular weight excluding hydrogens is 218 g/mol. The van der Waals surface area contributed by atoms with E-state index in [-0.39, 0.29) is 5.91 Å². The van der Waals surface area contributed by atoms with E-state index < -0.39 is 0 Å². The second-order valence-corrected chi connectivity index (χ2v) is 2.96. The Balaban J connectivity index is -0.000000285. The maximum Gasteiger partial charge on any atom is 0.219 e. The molecule has 0 aromatic heterocycles. The molecule has 0 radical (unpaired) electrons. The van der Waals surface area contributed by atoms with Crippen molar-refractivity contribution in [2.24, 2.45) is 0 Å². The molecule has 1 heterocycles. The largest absolute Gasteiger partial charge is 0.400 e. The molecule has 1 aliphatic heterocycles. The Morgan fingerprint density at radius 2 is 1.76 bits per heavy atom. The summed E-state index contributed by atoms with van der Waals surface area (Å²) < 4.78 is 5.01. The molecule has 0 bridgehead atoms. The molecule has 0 aromatic rings. The third-order valence-corrected chi connectivity index (χ3v) is 2.14. The first-order valence-electron chi connectivity index (χ1n) is 6.46. The number of carbonyl (C=O) groups excluding carboxylic acids is 1. The van der Waals surface area contributed by atoms with Crippen LogP contribution in [0.1, 0.15) is 47.5 Å². The molecule has 0 spiro atoms. The van der Waals surface area contributed by atoms with Crippen molar-refractivity contribution in [2.45, 2.75) is 53.5 Å². The first-order valence-corrected chi connectivity index (χ1v) is 6.46. The van der Waals surface area contributed by atoms with Crippen LogP contribution in [0.25, 0.3) is 0 Å². The van der Waals surface area contributed by atoms with Gasteiger partial charge in [-0.2, -0.15) is 0 Å². The van der Waals surface area contributed by atoms with Crippen LogP contribution in [-0.2, 0) is 9.53 Å². The van der Waals surface area contributed by atoms with Crippen LogP contribution >= 0.6 is 0 Å². The van der Waals surface area contributed by atoms with Crippen LogP contribution in [0.5, 0.6) is 0 Å². The van der Waals surface area contributed by atoms with Crippen molar-refractivity contribution in [1.82, 2.24) is 4.90 Å². The third kappa shape index (κ3) is 10.3. The van der Waals surface area contributed by atoms with Crippen molar-refractivity contribution in [3.8, 4) is 0 Å². The van der Waals surface area contributed by atoms with E-state index in [1.807, 2.05) is 32.6 Å². The molecule has 4 heteroatoms. The summed E-state index contributed by atoms with van der Waals surface area (Å²) in [7, 11) is 2.68. The summed E-state index contributed by atoms with van der Waals surface area (Å²) >= 11 is 0. The maximum atomic E-state index is 11.0. The Bertz CT molecular complexity index is 152. The molecule has 4 nitrogen and oxygen atoms in total. The number of aliphatic hydroxyl groups is 1. The number of ether oxygens (including phenoxy) is 1. The van der Waals surface area contributed by atoms with Gasteiger partial charge in [-0.25, -0.2) is 0 Å². The lowest BCUT2D eigenvalue weighted by Gasteiger charge is -2.22. The summed E-state index contributed by atoms with van der Waals surface area (Å²) in [6.45, 7) is 11.2. The minimum absolute atomic E-state index is 0.171. The Hall–Kier alpha value is -0.610. The van der Waals surface area contributed by atoms with E-state index in [1.54, 1.807) is 14.0 Å². The van der Waals surface area contributed by atoms with Crippen molar-refractivity contribution in [3.63, 3.8) is 0 Å². The molecule has 1 fully saturated rings. The molecule has 1 aliphatic rings. The predicted molar refractivity (Wildman–Crippen MR) is 73.1 cm³/mol. The van der Waals surface area contributed by atoms with Gasteiger partial charge in [0.05, 0.1) is 12.6 Å². The number of carbonyl (C=O) groups is 1. The molecule has 1 rings (SSSR count). The van der Waals surface area contributed by atoms with Crippen molar-refractivity contribution >= 4 is 5.91 Å². The van der Waals surface area contributed by atoms with Gasteiger partial charge < -0.3 is 14.7 Å². The standard InChI is InChI=1S/C8H15NO2.2C2H6.CH4O/c1-7(10)9-5-3-4-8(9)6-11-2;3*1-2/h8H,3-6H2,1-2H3;2*1-2H3;2H,1H3. The second kappa shape index (κ2) is 17.8. The number of hydrogen-bond donors (Lipinski definition) is 1. The first-order chi connectivity index (χ1) is 8.25. The first kappa shape index (κ1) is 21.7. The zero-order chi connectivity index (χ0) is 14.3. The van der Waals surface area contributed by atoms with E-state index in [2.05, 4.69) is 0 Å². The summed E-state index contributed by atoms with van der Waals surface area (Å²) in [5.74, 6) is 0.171. The van der Waals surface area contributed by atoms with Crippen LogP contribution in [0.3, 0.4) is 0 Å². The van der Waals surface area contributed by atoms with Crippen molar-refractivity contribution in [3.05, 3.63) is 0 Å². The zero-order valence-corrected chi connectivity index (χ0v) is 12.6. The molecule has 1 N–H and O–H groups in total. The molecule has 1 amide bonds. The molecular formula is C13H31NO3. The van der Waals surface area contributed by atoms with E-state index in [4.69, 9.17) is 9.84 Å². The van der Waals surface area contributed by atoms with Gasteiger partial charge in [-0.3, -0.25) is 4.79 Å². The number of hydrogen-bond acceptors (Lipinski definition) is 3. The molecule has 1 saturated heterocycles. The van der Waals surface area contributed by atoms with Gasteiger partial charge >= 0.3 is 0 Å². The summed E-state index contributed by atoms with van der Waals surface area (Å²) in [6, 6.07) is 0.331. The van der Waals surface area contributed by atoms with Crippen LogP contribution in [-0.4, -0.2) is 49.3 Å². The van der Waals surface area contributed by atoms with Crippen LogP contribution < -0.4 is 0 Å². The monoisotopic (exact) mass is 249 g/mol. The summed E-state index contributed by atoms with van der Waals surface area (Å²) in [5.41, 5.74) is 0. The van der Waals surface area contributed by atoms with Gasteiger partial charge in [-0.1, -0.05) is 27.7 Å². The number of nitrogens with zero attached hydrogens (tertiary/aromatic N) is 1. The lowest BCUT2D eigenvalue weighted by molar-refractivity contribution is -0.130. The lowest BCUT2D eigenvalue weighted by atomic mass is 10.2. The topological polar surface area (TPSA) is 49.8 Å². The zero-order valence-electron chi connectivity index (χ0n) is 12.6. The van der Waals surface area contributed by atoms with Crippen LogP contribution in [0.15, 0.2) is 0 Å². The molecule has 0 saturated carbocycles. The van der Waals surface area contributed by atoms with Crippen molar-refractivity contribution < 1.29 is 14.6 Å². The van der Waals surface area contributed by atoms with Gasteiger partial charge in [0.1, 0.15) is 0 Å². The number of likely N-dealkylation sites (tertiary alicyclic amines) is 1. The average Bonchev–Trinajstić information content (AvgIpc) is 2.86. The lowest BCUT2D eigenvalue weighted by Crippen LogP contribution is -2.36. The number of amides is 1. The van der Waals surface area contributed by atoms with Gasteiger partial charge in [0, 0.05) is 27.7 Å². The van der Waals surface area contributed by atoms with E-state index in [0.29, 0.717) is 12.6 Å². The normalized spacial score (nSPS) is 16.7. The van der Waals surface area contributed by atoms with Crippen LogP contribution in [0.4, 0.5) is 0 Å². The maximum absolute atomic E-state index is 11.0. The molecule has 0 aromatic carbocycles. The molecule has 17 heavy (non-hydrogen) atoms. The quantitative estimate of drug-likeness (QED) is 0.817. The van der Waals surface area contributed by atoms with Gasteiger partial charge in [-0.05, 0) is 12.8 Å². The van der Waals surface area contributed by atoms with Crippen LogP contribution in [0, 0.1) is 0 Å². The highest BCUT2D eigenvalue weighted by atomic mass is 16.5. The number of methoxy groups -OCH3 is 1. The van der Waals surface area contributed by atoms with E-state index >= 15 is 0 Å². The summed E-state index contributed by atoms with van der Waals surface area (Å²) in [4.78, 5) is 12.9. The predicted octanol–water partition coefficient (Wildman–Crippen LogP) is 2.30. The molecule has 1 unspecified atom stereocenters. The highest BCUT2D eigenvalue weighted by molar-refractivity contribution is 5.73. The summed E-state index contributed by atoms with van der Waals surface area (Å²) in [6.07, 6.45) is 2.21. The average molecular weight is 249 g/mol. The highest BCUT2D eigenvalue weighted by Crippen LogP contribution is 2.16. The van der Waals surface area contributed by atoms with E-state index in [1.165, 1.54) is 0 Å². The second-order valence-electron chi connectivity index (χ2n) is 2.96. The van der Waals surface area contributed by atoms with Gasteiger partial charge in [-0.15, -0.1) is 0 Å². The van der Waals surface area contributed by atoms with Gasteiger partial charge in [0.2, 0.25) is 5.91 Å². The van der Waals surface area contributed by atoms with Gasteiger partial charge in [0.25, 0.3) is 0 Å². The smallest absolute Gasteiger partial charge is 0.219 e. The highest BCUT2D eigenvalue weighted by Gasteiger charge is 2.25. The Labute approximate surface area is 107 Å². The van der Waals surface area contributed by atoms with Crippen molar-refractivity contribution in [1.29, 1.82) is 0 Å². The summed E-state index contributed by atoms with van der Waals surface area (Å²) in [5, 5.41) is 7.00. The fraction of sp³-hybridized carbons (Fsp3) is 0.923. The fourth-order valence-electron chi connectivity index (χ4n) is 1.62.